The molecule has 0 aliphatic rings. The largest absolute Gasteiger partial charge is 0.482 e. The highest BCUT2D eigenvalue weighted by atomic mass is 16.5. The molecular weight excluding hydrogens is 288 g/mol. The number of aromatic nitrogens is 2. The zero-order valence-corrected chi connectivity index (χ0v) is 11.3. The summed E-state index contributed by atoms with van der Waals surface area (Å²) in [7, 11) is 0. The minimum absolute atomic E-state index is 0.164. The van der Waals surface area contributed by atoms with Crippen LogP contribution >= 0.6 is 0 Å². The van der Waals surface area contributed by atoms with Gasteiger partial charge in [-0.3, -0.25) is 9.78 Å². The molecule has 0 unspecified atom stereocenters. The van der Waals surface area contributed by atoms with Gasteiger partial charge in [-0.1, -0.05) is 0 Å². The Kier molecular flexibility index (Phi) is 5.14. The van der Waals surface area contributed by atoms with Crippen LogP contribution in [0, 0.1) is 0 Å². The Hall–Kier alpha value is -3.29. The molecule has 2 aromatic rings. The van der Waals surface area contributed by atoms with E-state index >= 15 is 0 Å². The van der Waals surface area contributed by atoms with Crippen molar-refractivity contribution >= 4 is 18.1 Å². The van der Waals surface area contributed by atoms with E-state index < -0.39 is 18.5 Å². The molecule has 1 aromatic heterocycles. The normalized spacial score (nSPS) is 10.4. The van der Waals surface area contributed by atoms with Crippen molar-refractivity contribution in [2.75, 3.05) is 6.61 Å². The lowest BCUT2D eigenvalue weighted by Crippen LogP contribution is -2.19. The van der Waals surface area contributed by atoms with E-state index in [2.05, 4.69) is 20.5 Å². The van der Waals surface area contributed by atoms with Crippen molar-refractivity contribution in [1.82, 2.24) is 15.4 Å². The number of hydrogen-bond acceptors (Lipinski definition) is 6. The first-order valence-electron chi connectivity index (χ1n) is 6.19. The number of ether oxygens (including phenoxy) is 1. The highest BCUT2D eigenvalue weighted by Gasteiger charge is 2.04. The van der Waals surface area contributed by atoms with Crippen LogP contribution in [0.25, 0.3) is 0 Å². The third-order valence-electron chi connectivity index (χ3n) is 2.42. The van der Waals surface area contributed by atoms with Gasteiger partial charge in [0.05, 0.1) is 12.4 Å². The maximum Gasteiger partial charge on any atom is 0.341 e. The molecule has 112 valence electrons. The molecule has 0 aliphatic carbocycles. The fourth-order valence-corrected chi connectivity index (χ4v) is 1.43. The highest BCUT2D eigenvalue weighted by molar-refractivity contribution is 5.92. The smallest absolute Gasteiger partial charge is 0.341 e. The van der Waals surface area contributed by atoms with E-state index in [-0.39, 0.29) is 5.69 Å². The van der Waals surface area contributed by atoms with Gasteiger partial charge in [0.15, 0.2) is 6.61 Å². The maximum absolute atomic E-state index is 11.6. The van der Waals surface area contributed by atoms with Crippen LogP contribution < -0.4 is 10.2 Å². The SMILES string of the molecule is O=C(O)COc1ccc(C=NNC(=O)c2cnccn2)cc1. The van der Waals surface area contributed by atoms with E-state index in [1.54, 1.807) is 24.3 Å². The number of carboxylic acids is 1. The van der Waals surface area contributed by atoms with Crippen LogP contribution in [0.2, 0.25) is 0 Å². The monoisotopic (exact) mass is 300 g/mol. The van der Waals surface area contributed by atoms with Gasteiger partial charge < -0.3 is 9.84 Å². The van der Waals surface area contributed by atoms with Gasteiger partial charge in [-0.15, -0.1) is 0 Å². The minimum atomic E-state index is -1.04. The molecule has 0 aliphatic heterocycles. The Balaban J connectivity index is 1.88. The molecule has 1 amide bonds. The van der Waals surface area contributed by atoms with E-state index in [1.807, 2.05) is 0 Å². The van der Waals surface area contributed by atoms with E-state index in [9.17, 15) is 9.59 Å². The van der Waals surface area contributed by atoms with Crippen molar-refractivity contribution in [3.05, 3.63) is 54.1 Å². The summed E-state index contributed by atoms with van der Waals surface area (Å²) < 4.78 is 4.99. The summed E-state index contributed by atoms with van der Waals surface area (Å²) >= 11 is 0. The zero-order chi connectivity index (χ0) is 15.8. The van der Waals surface area contributed by atoms with E-state index in [0.717, 1.165) is 0 Å². The number of nitrogens with zero attached hydrogens (tertiary/aromatic N) is 3. The quantitative estimate of drug-likeness (QED) is 0.599. The van der Waals surface area contributed by atoms with Gasteiger partial charge in [-0.2, -0.15) is 5.10 Å². The highest BCUT2D eigenvalue weighted by Crippen LogP contribution is 2.10. The first-order chi connectivity index (χ1) is 10.6. The summed E-state index contributed by atoms with van der Waals surface area (Å²) in [5.41, 5.74) is 3.20. The summed E-state index contributed by atoms with van der Waals surface area (Å²) in [6.45, 7) is -0.401. The van der Waals surface area contributed by atoms with Crippen LogP contribution in [0.15, 0.2) is 48.0 Å². The molecule has 8 heteroatoms. The lowest BCUT2D eigenvalue weighted by Gasteiger charge is -2.02. The Morgan fingerprint density at radius 3 is 2.68 bits per heavy atom. The number of nitrogens with one attached hydrogen (secondary N) is 1. The van der Waals surface area contributed by atoms with Crippen molar-refractivity contribution in [3.8, 4) is 5.75 Å². The van der Waals surface area contributed by atoms with Gasteiger partial charge in [0.2, 0.25) is 0 Å². The second kappa shape index (κ2) is 7.48. The van der Waals surface area contributed by atoms with Gasteiger partial charge in [0.1, 0.15) is 11.4 Å². The van der Waals surface area contributed by atoms with E-state index in [4.69, 9.17) is 9.84 Å². The molecule has 0 bridgehead atoms. The lowest BCUT2D eigenvalue weighted by atomic mass is 10.2. The molecule has 1 heterocycles. The zero-order valence-electron chi connectivity index (χ0n) is 11.3. The maximum atomic E-state index is 11.6. The number of benzene rings is 1. The van der Waals surface area contributed by atoms with Crippen molar-refractivity contribution in [2.45, 2.75) is 0 Å². The van der Waals surface area contributed by atoms with Gasteiger partial charge >= 0.3 is 5.97 Å². The van der Waals surface area contributed by atoms with Crippen LogP contribution in [-0.2, 0) is 4.79 Å². The molecule has 2 rings (SSSR count). The van der Waals surface area contributed by atoms with E-state index in [1.165, 1.54) is 24.8 Å². The number of rotatable bonds is 6. The molecule has 0 spiro atoms. The summed E-state index contributed by atoms with van der Waals surface area (Å²) in [5.74, 6) is -1.08. The second-order valence-electron chi connectivity index (χ2n) is 4.04. The van der Waals surface area contributed by atoms with Crippen LogP contribution in [0.3, 0.4) is 0 Å². The van der Waals surface area contributed by atoms with Gasteiger partial charge in [-0.25, -0.2) is 15.2 Å². The number of carboxylic acid groups (broad SMARTS) is 1. The van der Waals surface area contributed by atoms with Crippen LogP contribution in [0.1, 0.15) is 16.1 Å². The molecule has 22 heavy (non-hydrogen) atoms. The summed E-state index contributed by atoms with van der Waals surface area (Å²) in [4.78, 5) is 29.6. The van der Waals surface area contributed by atoms with Gasteiger partial charge in [0, 0.05) is 12.4 Å². The summed E-state index contributed by atoms with van der Waals surface area (Å²) in [5, 5.41) is 12.3. The Bertz CT molecular complexity index is 671. The first kappa shape index (κ1) is 15.1. The first-order valence-corrected chi connectivity index (χ1v) is 6.19. The van der Waals surface area contributed by atoms with Crippen molar-refractivity contribution in [1.29, 1.82) is 0 Å². The fraction of sp³-hybridized carbons (Fsp3) is 0.0714. The minimum Gasteiger partial charge on any atom is -0.482 e. The van der Waals surface area contributed by atoms with Gasteiger partial charge in [0.25, 0.3) is 5.91 Å². The number of hydrogen-bond donors (Lipinski definition) is 2. The molecule has 0 saturated carbocycles. The summed E-state index contributed by atoms with van der Waals surface area (Å²) in [6, 6.07) is 6.56. The van der Waals surface area contributed by atoms with Crippen LogP contribution in [0.4, 0.5) is 0 Å². The van der Waals surface area contributed by atoms with E-state index in [0.29, 0.717) is 11.3 Å². The third-order valence-corrected chi connectivity index (χ3v) is 2.42. The number of hydrazone groups is 1. The molecule has 0 atom stereocenters. The lowest BCUT2D eigenvalue weighted by molar-refractivity contribution is -0.139. The number of aliphatic carboxylic acids is 1. The molecule has 0 fully saturated rings. The average molecular weight is 300 g/mol. The standard InChI is InChI=1S/C14H12N4O4/c19-13(20)9-22-11-3-1-10(2-4-11)7-17-18-14(21)12-8-15-5-6-16-12/h1-8H,9H2,(H,18,21)(H,19,20). The molecule has 0 radical (unpaired) electrons. The van der Waals surface area contributed by atoms with Crippen LogP contribution in [-0.4, -0.2) is 39.8 Å². The number of amides is 1. The van der Waals surface area contributed by atoms with Crippen molar-refractivity contribution < 1.29 is 19.4 Å². The second-order valence-corrected chi connectivity index (χ2v) is 4.04. The number of carbonyl (C=O) groups excluding carboxylic acids is 1. The van der Waals surface area contributed by atoms with Crippen molar-refractivity contribution in [3.63, 3.8) is 0 Å². The molecule has 0 saturated heterocycles. The number of carbonyl (C=O) groups is 2. The molecular formula is C14H12N4O4. The Morgan fingerprint density at radius 1 is 1.27 bits per heavy atom. The van der Waals surface area contributed by atoms with Gasteiger partial charge in [-0.05, 0) is 29.8 Å². The average Bonchev–Trinajstić information content (AvgIpc) is 2.55. The molecule has 2 N–H and O–H groups in total. The summed E-state index contributed by atoms with van der Waals surface area (Å²) in [6.07, 6.45) is 5.65. The topological polar surface area (TPSA) is 114 Å². The Morgan fingerprint density at radius 2 is 2.05 bits per heavy atom. The Labute approximate surface area is 125 Å². The fourth-order valence-electron chi connectivity index (χ4n) is 1.43. The molecule has 8 nitrogen and oxygen atoms in total. The molecule has 1 aromatic carbocycles. The third kappa shape index (κ3) is 4.67. The van der Waals surface area contributed by atoms with Crippen LogP contribution in [0.5, 0.6) is 5.75 Å². The van der Waals surface area contributed by atoms with Crippen molar-refractivity contribution in [2.24, 2.45) is 5.10 Å². The predicted octanol–water partition coefficient (Wildman–Crippen LogP) is 0.704. The predicted molar refractivity (Wildman–Crippen MR) is 76.7 cm³/mol.